The lowest BCUT2D eigenvalue weighted by molar-refractivity contribution is -0.114. The zero-order valence-corrected chi connectivity index (χ0v) is 11.8. The molecule has 0 aliphatic carbocycles. The third-order valence-electron chi connectivity index (χ3n) is 2.73. The quantitative estimate of drug-likeness (QED) is 0.673. The topological polar surface area (TPSA) is 70.6 Å². The van der Waals surface area contributed by atoms with Gasteiger partial charge in [0.15, 0.2) is 0 Å². The molecule has 0 aliphatic heterocycles. The first kappa shape index (κ1) is 15.4. The number of hydrogen-bond acceptors (Lipinski definition) is 3. The summed E-state index contributed by atoms with van der Waals surface area (Å²) in [4.78, 5) is 22.6. The highest BCUT2D eigenvalue weighted by Gasteiger charge is 2.08. The van der Waals surface area contributed by atoms with Crippen LogP contribution >= 0.6 is 0 Å². The molecule has 2 aromatic carbocycles. The second-order valence-corrected chi connectivity index (χ2v) is 4.48. The molecule has 0 heterocycles. The molecule has 0 saturated heterocycles. The Balaban J connectivity index is 1.96. The van der Waals surface area contributed by atoms with E-state index in [9.17, 15) is 14.0 Å². The summed E-state index contributed by atoms with van der Waals surface area (Å²) in [5.41, 5.74) is 3.58. The number of hydrazone groups is 1. The molecule has 0 aromatic heterocycles. The molecule has 6 heteroatoms. The molecule has 0 fully saturated rings. The zero-order valence-electron chi connectivity index (χ0n) is 11.8. The van der Waals surface area contributed by atoms with Crippen molar-refractivity contribution in [2.24, 2.45) is 5.10 Å². The Hall–Kier alpha value is -3.02. The number of carbonyl (C=O) groups excluding carboxylic acids is 2. The fourth-order valence-electron chi connectivity index (χ4n) is 1.73. The lowest BCUT2D eigenvalue weighted by Gasteiger charge is -2.02. The Kier molecular flexibility index (Phi) is 4.98. The van der Waals surface area contributed by atoms with E-state index in [-0.39, 0.29) is 11.5 Å². The summed E-state index contributed by atoms with van der Waals surface area (Å²) in [5.74, 6) is -1.38. The summed E-state index contributed by atoms with van der Waals surface area (Å²) < 4.78 is 13.4. The van der Waals surface area contributed by atoms with Crippen LogP contribution in [0.2, 0.25) is 0 Å². The summed E-state index contributed by atoms with van der Waals surface area (Å²) in [5, 5.41) is 6.41. The van der Waals surface area contributed by atoms with Gasteiger partial charge in [-0.15, -0.1) is 0 Å². The minimum Gasteiger partial charge on any atom is -0.326 e. The second-order valence-electron chi connectivity index (χ2n) is 4.48. The molecule has 22 heavy (non-hydrogen) atoms. The van der Waals surface area contributed by atoms with Crippen LogP contribution in [0.4, 0.5) is 10.1 Å². The molecule has 0 aliphatic rings. The molecule has 2 aromatic rings. The number of carbonyl (C=O) groups is 2. The monoisotopic (exact) mass is 299 g/mol. The molecule has 5 nitrogen and oxygen atoms in total. The largest absolute Gasteiger partial charge is 0.326 e. The van der Waals surface area contributed by atoms with Crippen molar-refractivity contribution in [1.82, 2.24) is 5.43 Å². The molecule has 112 valence electrons. The van der Waals surface area contributed by atoms with Crippen LogP contribution in [-0.4, -0.2) is 18.0 Å². The normalized spacial score (nSPS) is 10.5. The first-order valence-electron chi connectivity index (χ1n) is 6.52. The van der Waals surface area contributed by atoms with Crippen molar-refractivity contribution in [3.63, 3.8) is 0 Å². The van der Waals surface area contributed by atoms with Crippen molar-refractivity contribution in [1.29, 1.82) is 0 Å². The van der Waals surface area contributed by atoms with Gasteiger partial charge in [0.05, 0.1) is 11.8 Å². The van der Waals surface area contributed by atoms with Crippen LogP contribution in [0.5, 0.6) is 0 Å². The maximum atomic E-state index is 13.4. The van der Waals surface area contributed by atoms with Gasteiger partial charge in [-0.2, -0.15) is 5.10 Å². The van der Waals surface area contributed by atoms with Gasteiger partial charge in [-0.1, -0.05) is 24.3 Å². The number of anilines is 1. The van der Waals surface area contributed by atoms with Crippen LogP contribution < -0.4 is 10.7 Å². The number of nitrogens with zero attached hydrogens (tertiary/aromatic N) is 1. The van der Waals surface area contributed by atoms with E-state index in [0.717, 1.165) is 5.56 Å². The number of benzene rings is 2. The average molecular weight is 299 g/mol. The molecule has 2 N–H and O–H groups in total. The van der Waals surface area contributed by atoms with Gasteiger partial charge < -0.3 is 5.32 Å². The van der Waals surface area contributed by atoms with Crippen molar-refractivity contribution < 1.29 is 14.0 Å². The number of amides is 2. The van der Waals surface area contributed by atoms with Crippen LogP contribution in [0, 0.1) is 5.82 Å². The van der Waals surface area contributed by atoms with E-state index in [2.05, 4.69) is 15.8 Å². The molecule has 0 saturated carbocycles. The van der Waals surface area contributed by atoms with E-state index in [1.165, 1.54) is 31.3 Å². The van der Waals surface area contributed by atoms with Gasteiger partial charge in [0.25, 0.3) is 5.91 Å². The molecule has 0 spiro atoms. The molecule has 2 amide bonds. The minimum atomic E-state index is -0.621. The van der Waals surface area contributed by atoms with Crippen LogP contribution in [-0.2, 0) is 4.79 Å². The number of halogens is 1. The maximum Gasteiger partial charge on any atom is 0.274 e. The van der Waals surface area contributed by atoms with Crippen LogP contribution in [0.25, 0.3) is 0 Å². The number of hydrogen-bond donors (Lipinski definition) is 2. The predicted octanol–water partition coefficient (Wildman–Crippen LogP) is 2.55. The van der Waals surface area contributed by atoms with Gasteiger partial charge in [0.1, 0.15) is 5.82 Å². The van der Waals surface area contributed by atoms with Crippen LogP contribution in [0.1, 0.15) is 22.8 Å². The first-order chi connectivity index (χ1) is 10.6. The lowest BCUT2D eigenvalue weighted by Crippen LogP contribution is -2.18. The Bertz CT molecular complexity index is 712. The Morgan fingerprint density at radius 2 is 1.77 bits per heavy atom. The van der Waals surface area contributed by atoms with Crippen LogP contribution in [0.3, 0.4) is 0 Å². The van der Waals surface area contributed by atoms with E-state index in [1.807, 2.05) is 0 Å². The zero-order chi connectivity index (χ0) is 15.9. The fourth-order valence-corrected chi connectivity index (χ4v) is 1.73. The predicted molar refractivity (Wildman–Crippen MR) is 82.2 cm³/mol. The maximum absolute atomic E-state index is 13.4. The Morgan fingerprint density at radius 1 is 1.09 bits per heavy atom. The smallest absolute Gasteiger partial charge is 0.274 e. The van der Waals surface area contributed by atoms with Crippen molar-refractivity contribution in [3.8, 4) is 0 Å². The van der Waals surface area contributed by atoms with Crippen molar-refractivity contribution in [3.05, 3.63) is 65.5 Å². The summed E-state index contributed by atoms with van der Waals surface area (Å²) in [7, 11) is 0. The summed E-state index contributed by atoms with van der Waals surface area (Å²) >= 11 is 0. The highest BCUT2D eigenvalue weighted by atomic mass is 19.1. The highest BCUT2D eigenvalue weighted by molar-refractivity contribution is 5.95. The van der Waals surface area contributed by atoms with Gasteiger partial charge in [-0.05, 0) is 29.8 Å². The standard InChI is InChI=1S/C16H14FN3O2/c1-11(21)19-13-8-6-12(7-9-13)10-18-20-16(22)14-4-2-3-5-15(14)17/h2-10H,1H3,(H,19,21)(H,20,22). The van der Waals surface area contributed by atoms with Crippen molar-refractivity contribution >= 4 is 23.7 Å². The molecule has 0 atom stereocenters. The lowest BCUT2D eigenvalue weighted by atomic mass is 10.2. The van der Waals surface area contributed by atoms with E-state index in [4.69, 9.17) is 0 Å². The van der Waals surface area contributed by atoms with Crippen molar-refractivity contribution in [2.75, 3.05) is 5.32 Å². The molecule has 0 bridgehead atoms. The number of rotatable bonds is 4. The van der Waals surface area contributed by atoms with Gasteiger partial charge in [-0.25, -0.2) is 9.82 Å². The van der Waals surface area contributed by atoms with Gasteiger partial charge >= 0.3 is 0 Å². The fraction of sp³-hybridized carbons (Fsp3) is 0.0625. The number of nitrogens with one attached hydrogen (secondary N) is 2. The minimum absolute atomic E-state index is 0.0688. The SMILES string of the molecule is CC(=O)Nc1ccc(C=NNC(=O)c2ccccc2F)cc1. The molecule has 0 unspecified atom stereocenters. The summed E-state index contributed by atoms with van der Waals surface area (Å²) in [6.07, 6.45) is 1.43. The third-order valence-corrected chi connectivity index (χ3v) is 2.73. The van der Waals surface area contributed by atoms with E-state index >= 15 is 0 Å². The van der Waals surface area contributed by atoms with Crippen molar-refractivity contribution in [2.45, 2.75) is 6.92 Å². The molecular formula is C16H14FN3O2. The third kappa shape index (κ3) is 4.24. The second kappa shape index (κ2) is 7.12. The average Bonchev–Trinajstić information content (AvgIpc) is 2.49. The molecular weight excluding hydrogens is 285 g/mol. The molecule has 2 rings (SSSR count). The first-order valence-corrected chi connectivity index (χ1v) is 6.52. The Labute approximate surface area is 126 Å². The van der Waals surface area contributed by atoms with Gasteiger partial charge in [-0.3, -0.25) is 9.59 Å². The van der Waals surface area contributed by atoms with Gasteiger partial charge in [0.2, 0.25) is 5.91 Å². The van der Waals surface area contributed by atoms with Gasteiger partial charge in [0, 0.05) is 12.6 Å². The van der Waals surface area contributed by atoms with E-state index in [1.54, 1.807) is 30.3 Å². The summed E-state index contributed by atoms with van der Waals surface area (Å²) in [6.45, 7) is 1.42. The van der Waals surface area contributed by atoms with E-state index in [0.29, 0.717) is 5.69 Å². The highest BCUT2D eigenvalue weighted by Crippen LogP contribution is 2.08. The molecule has 0 radical (unpaired) electrons. The Morgan fingerprint density at radius 3 is 2.41 bits per heavy atom. The van der Waals surface area contributed by atoms with Crippen LogP contribution in [0.15, 0.2) is 53.6 Å². The summed E-state index contributed by atoms with van der Waals surface area (Å²) in [6, 6.07) is 12.5. The van der Waals surface area contributed by atoms with E-state index < -0.39 is 11.7 Å².